The molecule has 0 aromatic carbocycles. The minimum absolute atomic E-state index is 0.0615. The van der Waals surface area contributed by atoms with Crippen molar-refractivity contribution in [2.24, 2.45) is 5.92 Å². The first-order valence-electron chi connectivity index (χ1n) is 5.97. The first kappa shape index (κ1) is 13.3. The van der Waals surface area contributed by atoms with Crippen molar-refractivity contribution in [3.63, 3.8) is 0 Å². The molecule has 0 radical (unpaired) electrons. The molecule has 1 aromatic heterocycles. The van der Waals surface area contributed by atoms with E-state index in [9.17, 15) is 18.3 Å². The predicted octanol–water partition coefficient (Wildman–Crippen LogP) is 2.74. The lowest BCUT2D eigenvalue weighted by Crippen LogP contribution is -2.22. The highest BCUT2D eigenvalue weighted by atomic mass is 19.4. The summed E-state index contributed by atoms with van der Waals surface area (Å²) in [5.41, 5.74) is 0. The fraction of sp³-hybridized carbons (Fsp3) is 0.818. The molecule has 102 valence electrons. The van der Waals surface area contributed by atoms with Crippen LogP contribution in [0.15, 0.2) is 4.52 Å². The number of alkyl halides is 3. The molecule has 0 bridgehead atoms. The smallest absolute Gasteiger partial charge is 0.393 e. The van der Waals surface area contributed by atoms with Crippen LogP contribution >= 0.6 is 0 Å². The molecule has 1 heterocycles. The van der Waals surface area contributed by atoms with Gasteiger partial charge in [0.05, 0.1) is 6.10 Å². The van der Waals surface area contributed by atoms with Crippen molar-refractivity contribution < 1.29 is 22.8 Å². The van der Waals surface area contributed by atoms with Crippen molar-refractivity contribution in [2.45, 2.75) is 50.8 Å². The number of hydrogen-bond acceptors (Lipinski definition) is 4. The topological polar surface area (TPSA) is 59.2 Å². The zero-order valence-electron chi connectivity index (χ0n) is 9.94. The minimum atomic E-state index is -4.56. The summed E-state index contributed by atoms with van der Waals surface area (Å²) in [5, 5.41) is 12.4. The second-order valence-electron chi connectivity index (χ2n) is 4.81. The Morgan fingerprint density at radius 2 is 1.89 bits per heavy atom. The zero-order valence-corrected chi connectivity index (χ0v) is 9.94. The van der Waals surface area contributed by atoms with Crippen LogP contribution in [0.25, 0.3) is 0 Å². The lowest BCUT2D eigenvalue weighted by atomic mass is 9.80. The Balaban J connectivity index is 2.00. The van der Waals surface area contributed by atoms with E-state index >= 15 is 0 Å². The van der Waals surface area contributed by atoms with Crippen LogP contribution in [0.3, 0.4) is 0 Å². The maximum absolute atomic E-state index is 12.3. The van der Waals surface area contributed by atoms with Gasteiger partial charge in [-0.1, -0.05) is 5.16 Å². The molecule has 1 aliphatic carbocycles. The maximum atomic E-state index is 12.3. The molecule has 1 aromatic rings. The zero-order chi connectivity index (χ0) is 13.3. The van der Waals surface area contributed by atoms with Crippen molar-refractivity contribution in [3.05, 3.63) is 11.7 Å². The van der Waals surface area contributed by atoms with E-state index in [1.165, 1.54) is 0 Å². The minimum Gasteiger partial charge on any atom is -0.393 e. The summed E-state index contributed by atoms with van der Waals surface area (Å²) in [5.74, 6) is -1.06. The first-order valence-corrected chi connectivity index (χ1v) is 5.97. The molecule has 0 spiro atoms. The van der Waals surface area contributed by atoms with E-state index < -0.39 is 12.0 Å². The largest absolute Gasteiger partial charge is 0.455 e. The van der Waals surface area contributed by atoms with E-state index in [-0.39, 0.29) is 23.8 Å². The second kappa shape index (κ2) is 4.87. The molecule has 0 saturated heterocycles. The standard InChI is InChI=1S/C11H15F3N2O2/c1-6(17)7-2-4-8(5-3-7)9-15-10(16-18-9)11(12,13)14/h6-8,17H,2-5H2,1H3. The van der Waals surface area contributed by atoms with Gasteiger partial charge in [-0.15, -0.1) is 0 Å². The molecule has 1 atom stereocenters. The molecule has 1 aliphatic rings. The highest BCUT2D eigenvalue weighted by Crippen LogP contribution is 2.37. The van der Waals surface area contributed by atoms with Gasteiger partial charge in [0.15, 0.2) is 0 Å². The Bertz CT molecular complexity index is 395. The van der Waals surface area contributed by atoms with Gasteiger partial charge in [0.2, 0.25) is 5.89 Å². The third-order valence-corrected chi connectivity index (χ3v) is 3.50. The Hall–Kier alpha value is -1.11. The van der Waals surface area contributed by atoms with Crippen LogP contribution in [0.5, 0.6) is 0 Å². The van der Waals surface area contributed by atoms with Crippen molar-refractivity contribution in [2.75, 3.05) is 0 Å². The highest BCUT2D eigenvalue weighted by molar-refractivity contribution is 4.98. The van der Waals surface area contributed by atoms with E-state index in [1.807, 2.05) is 0 Å². The summed E-state index contributed by atoms with van der Waals surface area (Å²) in [4.78, 5) is 3.41. The number of halogens is 3. The fourth-order valence-corrected chi connectivity index (χ4v) is 2.36. The molecule has 0 amide bonds. The van der Waals surface area contributed by atoms with Crippen LogP contribution in [0.2, 0.25) is 0 Å². The average Bonchev–Trinajstić information content (AvgIpc) is 2.78. The van der Waals surface area contributed by atoms with Gasteiger partial charge in [0.1, 0.15) is 0 Å². The summed E-state index contributed by atoms with van der Waals surface area (Å²) >= 11 is 0. The Morgan fingerprint density at radius 3 is 2.33 bits per heavy atom. The molecular formula is C11H15F3N2O2. The van der Waals surface area contributed by atoms with E-state index in [0.29, 0.717) is 12.8 Å². The van der Waals surface area contributed by atoms with Crippen LogP contribution in [0, 0.1) is 5.92 Å². The SMILES string of the molecule is CC(O)C1CCC(c2nc(C(F)(F)F)no2)CC1. The lowest BCUT2D eigenvalue weighted by Gasteiger charge is -2.28. The summed E-state index contributed by atoms with van der Waals surface area (Å²) in [6, 6.07) is 0. The first-order chi connectivity index (χ1) is 8.38. The third-order valence-electron chi connectivity index (χ3n) is 3.50. The molecule has 4 nitrogen and oxygen atoms in total. The molecule has 7 heteroatoms. The van der Waals surface area contributed by atoms with Crippen molar-refractivity contribution in [3.8, 4) is 0 Å². The number of hydrogen-bond donors (Lipinski definition) is 1. The molecule has 2 rings (SSSR count). The van der Waals surface area contributed by atoms with Gasteiger partial charge in [-0.3, -0.25) is 0 Å². The summed E-state index contributed by atoms with van der Waals surface area (Å²) < 4.78 is 41.6. The lowest BCUT2D eigenvalue weighted by molar-refractivity contribution is -0.146. The highest BCUT2D eigenvalue weighted by Gasteiger charge is 2.38. The fourth-order valence-electron chi connectivity index (χ4n) is 2.36. The van der Waals surface area contributed by atoms with Crippen LogP contribution < -0.4 is 0 Å². The van der Waals surface area contributed by atoms with Crippen molar-refractivity contribution in [1.29, 1.82) is 0 Å². The summed E-state index contributed by atoms with van der Waals surface area (Å²) in [7, 11) is 0. The number of aliphatic hydroxyl groups excluding tert-OH is 1. The number of nitrogens with zero attached hydrogens (tertiary/aromatic N) is 2. The number of aromatic nitrogens is 2. The van der Waals surface area contributed by atoms with Gasteiger partial charge in [-0.05, 0) is 38.5 Å². The Morgan fingerprint density at radius 1 is 1.28 bits per heavy atom. The molecular weight excluding hydrogens is 249 g/mol. The Labute approximate surface area is 102 Å². The van der Waals surface area contributed by atoms with E-state index in [2.05, 4.69) is 14.7 Å². The van der Waals surface area contributed by atoms with Gasteiger partial charge in [0.25, 0.3) is 5.82 Å². The Kier molecular flexibility index (Phi) is 3.61. The van der Waals surface area contributed by atoms with E-state index in [4.69, 9.17) is 0 Å². The van der Waals surface area contributed by atoms with Gasteiger partial charge < -0.3 is 9.63 Å². The third kappa shape index (κ3) is 2.82. The van der Waals surface area contributed by atoms with Crippen molar-refractivity contribution in [1.82, 2.24) is 10.1 Å². The second-order valence-corrected chi connectivity index (χ2v) is 4.81. The molecule has 1 saturated carbocycles. The molecule has 18 heavy (non-hydrogen) atoms. The van der Waals surface area contributed by atoms with Crippen LogP contribution in [-0.4, -0.2) is 21.4 Å². The van der Waals surface area contributed by atoms with Crippen LogP contribution in [0.1, 0.15) is 50.2 Å². The molecule has 1 fully saturated rings. The van der Waals surface area contributed by atoms with Gasteiger partial charge >= 0.3 is 6.18 Å². The summed E-state index contributed by atoms with van der Waals surface area (Å²) in [6.07, 6.45) is -2.04. The van der Waals surface area contributed by atoms with Gasteiger partial charge in [0, 0.05) is 5.92 Å². The van der Waals surface area contributed by atoms with E-state index in [0.717, 1.165) is 12.8 Å². The maximum Gasteiger partial charge on any atom is 0.455 e. The average molecular weight is 264 g/mol. The quantitative estimate of drug-likeness (QED) is 0.892. The van der Waals surface area contributed by atoms with Gasteiger partial charge in [-0.2, -0.15) is 18.2 Å². The van der Waals surface area contributed by atoms with E-state index in [1.54, 1.807) is 6.92 Å². The predicted molar refractivity (Wildman–Crippen MR) is 55.7 cm³/mol. The monoisotopic (exact) mass is 264 g/mol. The van der Waals surface area contributed by atoms with Gasteiger partial charge in [-0.25, -0.2) is 0 Å². The molecule has 0 aliphatic heterocycles. The van der Waals surface area contributed by atoms with Crippen LogP contribution in [-0.2, 0) is 6.18 Å². The number of rotatable bonds is 2. The van der Waals surface area contributed by atoms with Crippen LogP contribution in [0.4, 0.5) is 13.2 Å². The normalized spacial score (nSPS) is 27.2. The summed E-state index contributed by atoms with van der Waals surface area (Å²) in [6.45, 7) is 1.74. The molecule has 1 N–H and O–H groups in total. The number of aliphatic hydroxyl groups is 1. The molecule has 1 unspecified atom stereocenters. The van der Waals surface area contributed by atoms with Crippen molar-refractivity contribution >= 4 is 0 Å².